The van der Waals surface area contributed by atoms with E-state index in [2.05, 4.69) is 9.89 Å². The summed E-state index contributed by atoms with van der Waals surface area (Å²) < 4.78 is 5.08. The van der Waals surface area contributed by atoms with Gasteiger partial charge in [-0.25, -0.2) is 4.79 Å². The number of hydrogen-bond acceptors (Lipinski definition) is 5. The molecule has 0 unspecified atom stereocenters. The Morgan fingerprint density at radius 2 is 2.00 bits per heavy atom. The number of amides is 1. The predicted molar refractivity (Wildman–Crippen MR) is 88.4 cm³/mol. The molecule has 1 aromatic rings. The third-order valence-electron chi connectivity index (χ3n) is 3.53. The SMILES string of the molecule is O=C(O)COc1ccc(/C=C2/SC(N3CCCC3)=NC2=O)cc1. The predicted octanol–water partition coefficient (Wildman–Crippen LogP) is 2.22. The minimum absolute atomic E-state index is 0.205. The Labute approximate surface area is 137 Å². The highest BCUT2D eigenvalue weighted by atomic mass is 32.2. The number of carboxylic acids is 1. The molecule has 1 saturated heterocycles. The van der Waals surface area contributed by atoms with Crippen molar-refractivity contribution in [3.63, 3.8) is 0 Å². The first kappa shape index (κ1) is 15.6. The minimum atomic E-state index is -1.02. The van der Waals surface area contributed by atoms with E-state index in [1.165, 1.54) is 11.8 Å². The zero-order valence-electron chi connectivity index (χ0n) is 12.4. The standard InChI is InChI=1S/C16H16N2O4S/c19-14(20)10-22-12-5-3-11(4-6-12)9-13-15(21)17-16(23-13)18-7-1-2-8-18/h3-6,9H,1-2,7-8,10H2,(H,19,20)/b13-9+. The maximum absolute atomic E-state index is 12.0. The molecule has 7 heteroatoms. The lowest BCUT2D eigenvalue weighted by atomic mass is 10.2. The van der Waals surface area contributed by atoms with Crippen LogP contribution in [0.15, 0.2) is 34.2 Å². The summed E-state index contributed by atoms with van der Waals surface area (Å²) in [6.07, 6.45) is 4.08. The van der Waals surface area contributed by atoms with Crippen LogP contribution in [-0.2, 0) is 9.59 Å². The van der Waals surface area contributed by atoms with E-state index in [9.17, 15) is 9.59 Å². The van der Waals surface area contributed by atoms with Gasteiger partial charge in [-0.1, -0.05) is 12.1 Å². The molecule has 1 N–H and O–H groups in total. The van der Waals surface area contributed by atoms with Crippen LogP contribution < -0.4 is 4.74 Å². The Balaban J connectivity index is 1.65. The summed E-state index contributed by atoms with van der Waals surface area (Å²) in [6.45, 7) is 1.55. The van der Waals surface area contributed by atoms with Crippen molar-refractivity contribution < 1.29 is 19.4 Å². The normalized spacial score (nSPS) is 19.3. The van der Waals surface area contributed by atoms with Crippen molar-refractivity contribution in [3.05, 3.63) is 34.7 Å². The molecule has 2 aliphatic heterocycles. The molecular weight excluding hydrogens is 316 g/mol. The Morgan fingerprint density at radius 3 is 2.65 bits per heavy atom. The number of ether oxygens (including phenoxy) is 1. The Kier molecular flexibility index (Phi) is 4.66. The van der Waals surface area contributed by atoms with Gasteiger partial charge in [0, 0.05) is 13.1 Å². The third kappa shape index (κ3) is 3.92. The van der Waals surface area contributed by atoms with E-state index in [0.717, 1.165) is 36.7 Å². The summed E-state index contributed by atoms with van der Waals surface area (Å²) in [4.78, 5) is 29.3. The van der Waals surface area contributed by atoms with E-state index in [0.29, 0.717) is 10.7 Å². The van der Waals surface area contributed by atoms with E-state index in [1.807, 2.05) is 0 Å². The molecule has 120 valence electrons. The fourth-order valence-corrected chi connectivity index (χ4v) is 3.36. The van der Waals surface area contributed by atoms with Gasteiger partial charge in [0.1, 0.15) is 5.75 Å². The van der Waals surface area contributed by atoms with Gasteiger partial charge in [0.2, 0.25) is 0 Å². The first-order valence-electron chi connectivity index (χ1n) is 7.34. The average Bonchev–Trinajstić information content (AvgIpc) is 3.17. The highest BCUT2D eigenvalue weighted by Gasteiger charge is 2.27. The van der Waals surface area contributed by atoms with Crippen molar-refractivity contribution >= 4 is 34.9 Å². The molecule has 0 bridgehead atoms. The topological polar surface area (TPSA) is 79.2 Å². The van der Waals surface area contributed by atoms with Crippen LogP contribution in [0.1, 0.15) is 18.4 Å². The van der Waals surface area contributed by atoms with Gasteiger partial charge in [0.05, 0.1) is 4.91 Å². The monoisotopic (exact) mass is 332 g/mol. The highest BCUT2D eigenvalue weighted by molar-refractivity contribution is 8.18. The fourth-order valence-electron chi connectivity index (χ4n) is 2.40. The minimum Gasteiger partial charge on any atom is -0.482 e. The van der Waals surface area contributed by atoms with Crippen LogP contribution in [0.2, 0.25) is 0 Å². The lowest BCUT2D eigenvalue weighted by molar-refractivity contribution is -0.139. The number of likely N-dealkylation sites (tertiary alicyclic amines) is 1. The lowest BCUT2D eigenvalue weighted by Gasteiger charge is -2.14. The van der Waals surface area contributed by atoms with Crippen molar-refractivity contribution in [3.8, 4) is 5.75 Å². The zero-order valence-corrected chi connectivity index (χ0v) is 13.2. The van der Waals surface area contributed by atoms with E-state index >= 15 is 0 Å². The summed E-state index contributed by atoms with van der Waals surface area (Å²) in [7, 11) is 0. The summed E-state index contributed by atoms with van der Waals surface area (Å²) in [5, 5.41) is 9.36. The van der Waals surface area contributed by atoms with E-state index in [4.69, 9.17) is 9.84 Å². The third-order valence-corrected chi connectivity index (χ3v) is 4.57. The first-order chi connectivity index (χ1) is 11.1. The average molecular weight is 332 g/mol. The summed E-state index contributed by atoms with van der Waals surface area (Å²) >= 11 is 1.41. The molecule has 0 aliphatic carbocycles. The van der Waals surface area contributed by atoms with Crippen LogP contribution in [0.3, 0.4) is 0 Å². The number of aliphatic carboxylic acids is 1. The van der Waals surface area contributed by atoms with E-state index in [-0.39, 0.29) is 12.5 Å². The van der Waals surface area contributed by atoms with Gasteiger partial charge >= 0.3 is 5.97 Å². The number of benzene rings is 1. The largest absolute Gasteiger partial charge is 0.482 e. The molecule has 0 atom stereocenters. The second-order valence-electron chi connectivity index (χ2n) is 5.26. The molecule has 2 heterocycles. The van der Waals surface area contributed by atoms with Crippen molar-refractivity contribution in [1.82, 2.24) is 4.90 Å². The molecule has 0 spiro atoms. The Morgan fingerprint density at radius 1 is 1.30 bits per heavy atom. The number of rotatable bonds is 4. The van der Waals surface area contributed by atoms with Crippen LogP contribution in [0, 0.1) is 0 Å². The molecular formula is C16H16N2O4S. The molecule has 0 radical (unpaired) electrons. The number of aliphatic imine (C=N–C) groups is 1. The number of carbonyl (C=O) groups is 2. The van der Waals surface area contributed by atoms with Gasteiger partial charge in [-0.2, -0.15) is 4.99 Å². The second kappa shape index (κ2) is 6.87. The molecule has 6 nitrogen and oxygen atoms in total. The van der Waals surface area contributed by atoms with E-state index < -0.39 is 5.97 Å². The van der Waals surface area contributed by atoms with Crippen molar-refractivity contribution in [1.29, 1.82) is 0 Å². The summed E-state index contributed by atoms with van der Waals surface area (Å²) in [6, 6.07) is 6.93. The van der Waals surface area contributed by atoms with Gasteiger partial charge in [0.25, 0.3) is 5.91 Å². The van der Waals surface area contributed by atoms with Gasteiger partial charge in [-0.3, -0.25) is 4.79 Å². The van der Waals surface area contributed by atoms with Crippen molar-refractivity contribution in [2.24, 2.45) is 4.99 Å². The number of carbonyl (C=O) groups excluding carboxylic acids is 1. The number of amidine groups is 1. The zero-order chi connectivity index (χ0) is 16.2. The Bertz CT molecular complexity index is 676. The van der Waals surface area contributed by atoms with Crippen LogP contribution >= 0.6 is 11.8 Å². The molecule has 1 fully saturated rings. The maximum Gasteiger partial charge on any atom is 0.341 e. The molecule has 3 rings (SSSR count). The van der Waals surface area contributed by atoms with Crippen LogP contribution in [0.25, 0.3) is 6.08 Å². The second-order valence-corrected chi connectivity index (χ2v) is 6.26. The van der Waals surface area contributed by atoms with Crippen LogP contribution in [0.4, 0.5) is 0 Å². The molecule has 0 saturated carbocycles. The van der Waals surface area contributed by atoms with Gasteiger partial charge < -0.3 is 14.7 Å². The quantitative estimate of drug-likeness (QED) is 0.852. The molecule has 23 heavy (non-hydrogen) atoms. The Hall–Kier alpha value is -2.28. The maximum atomic E-state index is 12.0. The van der Waals surface area contributed by atoms with Crippen LogP contribution in [0.5, 0.6) is 5.75 Å². The van der Waals surface area contributed by atoms with Crippen molar-refractivity contribution in [2.45, 2.75) is 12.8 Å². The van der Waals surface area contributed by atoms with Gasteiger partial charge in [-0.15, -0.1) is 0 Å². The van der Waals surface area contributed by atoms with Crippen LogP contribution in [-0.4, -0.2) is 46.7 Å². The number of carboxylic acid groups (broad SMARTS) is 1. The van der Waals surface area contributed by atoms with Gasteiger partial charge in [-0.05, 0) is 48.4 Å². The smallest absolute Gasteiger partial charge is 0.341 e. The highest BCUT2D eigenvalue weighted by Crippen LogP contribution is 2.31. The fraction of sp³-hybridized carbons (Fsp3) is 0.312. The molecule has 2 aliphatic rings. The number of hydrogen-bond donors (Lipinski definition) is 1. The van der Waals surface area contributed by atoms with Gasteiger partial charge in [0.15, 0.2) is 11.8 Å². The molecule has 0 aromatic heterocycles. The molecule has 1 aromatic carbocycles. The first-order valence-corrected chi connectivity index (χ1v) is 8.15. The van der Waals surface area contributed by atoms with Crippen molar-refractivity contribution in [2.75, 3.05) is 19.7 Å². The summed E-state index contributed by atoms with van der Waals surface area (Å²) in [5.74, 6) is -0.743. The number of thioether (sulfide) groups is 1. The lowest BCUT2D eigenvalue weighted by Crippen LogP contribution is -2.23. The van der Waals surface area contributed by atoms with E-state index in [1.54, 1.807) is 30.3 Å². The summed E-state index contributed by atoms with van der Waals surface area (Å²) in [5.41, 5.74) is 0.849. The number of nitrogens with zero attached hydrogens (tertiary/aromatic N) is 2. The molecule has 1 amide bonds.